The molecule has 2 unspecified atom stereocenters. The molecule has 1 aliphatic rings. The topological polar surface area (TPSA) is 66.8 Å². The van der Waals surface area contributed by atoms with Crippen molar-refractivity contribution in [1.82, 2.24) is 0 Å². The van der Waals surface area contributed by atoms with E-state index in [-0.39, 0.29) is 6.61 Å². The standard InChI is InChI=1S/C6H8O4.C2H6/c7-3-4-1-2-5(8)6(9)10-4;1-2/h1-2,4,6-7,9H,3H2;1-2H3. The van der Waals surface area contributed by atoms with Crippen molar-refractivity contribution in [2.24, 2.45) is 0 Å². The van der Waals surface area contributed by atoms with E-state index in [0.717, 1.165) is 0 Å². The predicted octanol–water partition coefficient (Wildman–Crippen LogP) is -0.153. The quantitative estimate of drug-likeness (QED) is 0.580. The summed E-state index contributed by atoms with van der Waals surface area (Å²) >= 11 is 0. The summed E-state index contributed by atoms with van der Waals surface area (Å²) in [5.74, 6) is -0.482. The second-order valence-corrected chi connectivity index (χ2v) is 1.97. The van der Waals surface area contributed by atoms with Crippen LogP contribution in [-0.2, 0) is 9.53 Å². The van der Waals surface area contributed by atoms with Gasteiger partial charge in [-0.15, -0.1) is 0 Å². The molecule has 1 heterocycles. The normalized spacial score (nSPS) is 27.8. The number of rotatable bonds is 1. The first kappa shape index (κ1) is 11.3. The highest BCUT2D eigenvalue weighted by atomic mass is 16.6. The molecule has 0 saturated heterocycles. The van der Waals surface area contributed by atoms with Crippen molar-refractivity contribution in [3.63, 3.8) is 0 Å². The average molecular weight is 174 g/mol. The van der Waals surface area contributed by atoms with Gasteiger partial charge in [-0.05, 0) is 12.2 Å². The zero-order valence-electron chi connectivity index (χ0n) is 7.23. The molecule has 1 rings (SSSR count). The Morgan fingerprint density at radius 2 is 2.17 bits per heavy atom. The van der Waals surface area contributed by atoms with Gasteiger partial charge in [0.05, 0.1) is 6.61 Å². The van der Waals surface area contributed by atoms with Gasteiger partial charge in [-0.3, -0.25) is 4.79 Å². The zero-order chi connectivity index (χ0) is 9.56. The van der Waals surface area contributed by atoms with Crippen molar-refractivity contribution in [2.45, 2.75) is 26.2 Å². The maximum absolute atomic E-state index is 10.5. The Morgan fingerprint density at radius 1 is 1.58 bits per heavy atom. The van der Waals surface area contributed by atoms with Crippen molar-refractivity contribution >= 4 is 5.78 Å². The van der Waals surface area contributed by atoms with Gasteiger partial charge < -0.3 is 14.9 Å². The molecule has 12 heavy (non-hydrogen) atoms. The summed E-state index contributed by atoms with van der Waals surface area (Å²) in [5.41, 5.74) is 0. The molecule has 0 saturated carbocycles. The predicted molar refractivity (Wildman–Crippen MR) is 43.5 cm³/mol. The Kier molecular flexibility index (Phi) is 5.53. The minimum atomic E-state index is -1.40. The highest BCUT2D eigenvalue weighted by molar-refractivity contribution is 5.93. The van der Waals surface area contributed by atoms with Crippen LogP contribution in [0.3, 0.4) is 0 Å². The van der Waals surface area contributed by atoms with Crippen molar-refractivity contribution in [3.8, 4) is 0 Å². The third kappa shape index (κ3) is 3.13. The summed E-state index contributed by atoms with van der Waals surface area (Å²) in [6, 6.07) is 0. The molecule has 4 heteroatoms. The van der Waals surface area contributed by atoms with E-state index in [2.05, 4.69) is 4.74 Å². The molecule has 0 radical (unpaired) electrons. The summed E-state index contributed by atoms with van der Waals surface area (Å²) in [4.78, 5) is 10.5. The van der Waals surface area contributed by atoms with Gasteiger partial charge in [0.15, 0.2) is 0 Å². The SMILES string of the molecule is CC.O=C1C=CC(CO)OC1O. The van der Waals surface area contributed by atoms with Crippen molar-refractivity contribution in [2.75, 3.05) is 6.61 Å². The largest absolute Gasteiger partial charge is 0.393 e. The van der Waals surface area contributed by atoms with Crippen LogP contribution in [0.4, 0.5) is 0 Å². The summed E-state index contributed by atoms with van der Waals surface area (Å²) in [6.45, 7) is 3.78. The van der Waals surface area contributed by atoms with Crippen molar-refractivity contribution in [1.29, 1.82) is 0 Å². The van der Waals surface area contributed by atoms with Crippen molar-refractivity contribution in [3.05, 3.63) is 12.2 Å². The molecule has 2 N–H and O–H groups in total. The molecule has 0 aliphatic carbocycles. The van der Waals surface area contributed by atoms with Gasteiger partial charge in [-0.1, -0.05) is 13.8 Å². The van der Waals surface area contributed by atoms with E-state index in [9.17, 15) is 4.79 Å². The van der Waals surface area contributed by atoms with Gasteiger partial charge in [0.25, 0.3) is 0 Å². The van der Waals surface area contributed by atoms with Gasteiger partial charge in [0.2, 0.25) is 12.1 Å². The molecule has 70 valence electrons. The van der Waals surface area contributed by atoms with Gasteiger partial charge in [0, 0.05) is 0 Å². The van der Waals surface area contributed by atoms with Crippen LogP contribution in [0.5, 0.6) is 0 Å². The molecule has 0 spiro atoms. The Hall–Kier alpha value is -0.710. The molecular weight excluding hydrogens is 160 g/mol. The van der Waals surface area contributed by atoms with E-state index in [0.29, 0.717) is 0 Å². The fraction of sp³-hybridized carbons (Fsp3) is 0.625. The molecule has 0 amide bonds. The van der Waals surface area contributed by atoms with Crippen LogP contribution in [0, 0.1) is 0 Å². The number of carbonyl (C=O) groups excluding carboxylic acids is 1. The molecule has 4 nitrogen and oxygen atoms in total. The Labute approximate surface area is 71.5 Å². The summed E-state index contributed by atoms with van der Waals surface area (Å²) in [7, 11) is 0. The Balaban J connectivity index is 0.000000561. The molecule has 0 aromatic carbocycles. The van der Waals surface area contributed by atoms with Crippen LogP contribution in [0.15, 0.2) is 12.2 Å². The molecule has 0 aromatic heterocycles. The van der Waals surface area contributed by atoms with Crippen LogP contribution in [-0.4, -0.2) is 35.0 Å². The van der Waals surface area contributed by atoms with Crippen LogP contribution in [0.2, 0.25) is 0 Å². The summed E-state index contributed by atoms with van der Waals surface area (Å²) < 4.78 is 4.62. The zero-order valence-corrected chi connectivity index (χ0v) is 7.23. The van der Waals surface area contributed by atoms with Crippen LogP contribution >= 0.6 is 0 Å². The molecule has 2 atom stereocenters. The van der Waals surface area contributed by atoms with E-state index in [1.165, 1.54) is 12.2 Å². The maximum atomic E-state index is 10.5. The molecule has 0 aromatic rings. The van der Waals surface area contributed by atoms with Crippen LogP contribution < -0.4 is 0 Å². The van der Waals surface area contributed by atoms with Gasteiger partial charge in [0.1, 0.15) is 6.10 Å². The number of carbonyl (C=O) groups is 1. The summed E-state index contributed by atoms with van der Waals surface area (Å²) in [5, 5.41) is 17.2. The van der Waals surface area contributed by atoms with E-state index >= 15 is 0 Å². The average Bonchev–Trinajstić information content (AvgIpc) is 2.13. The first-order valence-electron chi connectivity index (χ1n) is 3.90. The molecule has 0 fully saturated rings. The first-order valence-corrected chi connectivity index (χ1v) is 3.90. The minimum Gasteiger partial charge on any atom is -0.393 e. The third-order valence-corrected chi connectivity index (χ3v) is 1.20. The van der Waals surface area contributed by atoms with Gasteiger partial charge in [-0.25, -0.2) is 0 Å². The van der Waals surface area contributed by atoms with E-state index < -0.39 is 18.2 Å². The summed E-state index contributed by atoms with van der Waals surface area (Å²) in [6.07, 6.45) is 0.666. The monoisotopic (exact) mass is 174 g/mol. The number of hydrogen-bond donors (Lipinski definition) is 2. The fourth-order valence-electron chi connectivity index (χ4n) is 0.666. The fourth-order valence-corrected chi connectivity index (χ4v) is 0.666. The number of hydrogen-bond acceptors (Lipinski definition) is 4. The smallest absolute Gasteiger partial charge is 0.220 e. The second kappa shape index (κ2) is 5.88. The lowest BCUT2D eigenvalue weighted by Gasteiger charge is -2.18. The minimum absolute atomic E-state index is 0.221. The number of aliphatic hydroxyl groups excluding tert-OH is 2. The number of ether oxygens (including phenoxy) is 1. The second-order valence-electron chi connectivity index (χ2n) is 1.97. The lowest BCUT2D eigenvalue weighted by atomic mass is 10.2. The van der Waals surface area contributed by atoms with Crippen LogP contribution in [0.1, 0.15) is 13.8 Å². The molecule has 1 aliphatic heterocycles. The molecular formula is C8H14O4. The Morgan fingerprint density at radius 3 is 2.58 bits per heavy atom. The number of ketones is 1. The molecule has 0 bridgehead atoms. The van der Waals surface area contributed by atoms with E-state index in [4.69, 9.17) is 10.2 Å². The van der Waals surface area contributed by atoms with Crippen molar-refractivity contribution < 1.29 is 19.7 Å². The van der Waals surface area contributed by atoms with Crippen LogP contribution in [0.25, 0.3) is 0 Å². The van der Waals surface area contributed by atoms with Gasteiger partial charge in [-0.2, -0.15) is 0 Å². The highest BCUT2D eigenvalue weighted by Gasteiger charge is 2.21. The highest BCUT2D eigenvalue weighted by Crippen LogP contribution is 2.05. The lowest BCUT2D eigenvalue weighted by molar-refractivity contribution is -0.164. The van der Waals surface area contributed by atoms with Gasteiger partial charge >= 0.3 is 0 Å². The first-order chi connectivity index (χ1) is 5.74. The van der Waals surface area contributed by atoms with E-state index in [1.807, 2.05) is 13.8 Å². The lowest BCUT2D eigenvalue weighted by Crippen LogP contribution is -2.33. The number of aliphatic hydroxyl groups is 2. The Bertz CT molecular complexity index is 164. The maximum Gasteiger partial charge on any atom is 0.220 e. The third-order valence-electron chi connectivity index (χ3n) is 1.20. The van der Waals surface area contributed by atoms with E-state index in [1.54, 1.807) is 0 Å².